The number of aromatic nitrogens is 1. The maximum atomic E-state index is 8.89. The van der Waals surface area contributed by atoms with Crippen molar-refractivity contribution in [2.75, 3.05) is 0 Å². The van der Waals surface area contributed by atoms with Gasteiger partial charge in [-0.2, -0.15) is 0 Å². The third-order valence-corrected chi connectivity index (χ3v) is 1.09. The van der Waals surface area contributed by atoms with Gasteiger partial charge in [-0.1, -0.05) is 0 Å². The molecule has 1 aromatic heterocycles. The van der Waals surface area contributed by atoms with Crippen LogP contribution in [0.3, 0.4) is 0 Å². The van der Waals surface area contributed by atoms with Gasteiger partial charge in [0.2, 0.25) is 0 Å². The molecule has 0 aliphatic heterocycles. The van der Waals surface area contributed by atoms with Gasteiger partial charge in [0.25, 0.3) is 0 Å². The lowest BCUT2D eigenvalue weighted by atomic mass is 10.3. The molecule has 0 aliphatic rings. The van der Waals surface area contributed by atoms with Gasteiger partial charge in [-0.15, -0.1) is 0 Å². The van der Waals surface area contributed by atoms with Crippen molar-refractivity contribution >= 4 is 5.97 Å². The molecule has 0 spiro atoms. The smallest absolute Gasteiger partial charge is 0.171 e. The largest absolute Gasteiger partial charge is 0.550 e. The Hall–Kier alpha value is -1.38. The second kappa shape index (κ2) is 5.29. The van der Waals surface area contributed by atoms with Crippen molar-refractivity contribution in [2.45, 2.75) is 13.8 Å². The van der Waals surface area contributed by atoms with Gasteiger partial charge >= 0.3 is 0 Å². The van der Waals surface area contributed by atoms with Gasteiger partial charge in [0.05, 0.1) is 0 Å². The first-order valence-electron chi connectivity index (χ1n) is 3.62. The topological polar surface area (TPSA) is 44.0 Å². The van der Waals surface area contributed by atoms with Crippen molar-refractivity contribution < 1.29 is 14.5 Å². The molecule has 3 nitrogen and oxygen atoms in total. The summed E-state index contributed by atoms with van der Waals surface area (Å²) in [6.07, 6.45) is 4.10. The second-order valence-electron chi connectivity index (χ2n) is 2.54. The Labute approximate surface area is 72.3 Å². The van der Waals surface area contributed by atoms with Crippen LogP contribution in [0.5, 0.6) is 0 Å². The van der Waals surface area contributed by atoms with E-state index in [1.165, 1.54) is 5.56 Å². The van der Waals surface area contributed by atoms with E-state index in [-0.39, 0.29) is 0 Å². The van der Waals surface area contributed by atoms with Crippen LogP contribution in [0.4, 0.5) is 0 Å². The lowest BCUT2D eigenvalue weighted by molar-refractivity contribution is -0.671. The number of rotatable bonds is 0. The summed E-state index contributed by atoms with van der Waals surface area (Å²) in [4.78, 5) is 8.89. The van der Waals surface area contributed by atoms with Gasteiger partial charge in [0, 0.05) is 17.6 Å². The number of pyridine rings is 1. The number of carboxylic acids is 1. The zero-order valence-electron chi connectivity index (χ0n) is 7.57. The molecule has 0 aromatic carbocycles. The maximum Gasteiger partial charge on any atom is 0.171 e. The molecule has 12 heavy (non-hydrogen) atoms. The summed E-state index contributed by atoms with van der Waals surface area (Å²) in [7, 11) is 2.02. The third kappa shape index (κ3) is 6.74. The Morgan fingerprint density at radius 2 is 2.08 bits per heavy atom. The van der Waals surface area contributed by atoms with Crippen LogP contribution in [0.25, 0.3) is 0 Å². The van der Waals surface area contributed by atoms with Crippen molar-refractivity contribution in [3.05, 3.63) is 30.1 Å². The van der Waals surface area contributed by atoms with Crippen molar-refractivity contribution in [3.8, 4) is 0 Å². The fourth-order valence-corrected chi connectivity index (χ4v) is 0.738. The summed E-state index contributed by atoms with van der Waals surface area (Å²) in [5, 5.41) is 8.89. The molecule has 0 aliphatic carbocycles. The van der Waals surface area contributed by atoms with E-state index in [9.17, 15) is 0 Å². The van der Waals surface area contributed by atoms with Gasteiger partial charge in [0.15, 0.2) is 12.4 Å². The normalized spacial score (nSPS) is 8.25. The zero-order valence-corrected chi connectivity index (χ0v) is 7.57. The Morgan fingerprint density at radius 1 is 1.58 bits per heavy atom. The lowest BCUT2D eigenvalue weighted by Crippen LogP contribution is -2.26. The predicted octanol–water partition coefficient (Wildman–Crippen LogP) is -0.424. The van der Waals surface area contributed by atoms with Crippen molar-refractivity contribution in [2.24, 2.45) is 7.05 Å². The minimum atomic E-state index is -1.08. The predicted molar refractivity (Wildman–Crippen MR) is 43.0 cm³/mol. The van der Waals surface area contributed by atoms with Gasteiger partial charge < -0.3 is 9.90 Å². The molecule has 0 bridgehead atoms. The maximum absolute atomic E-state index is 8.89. The first-order chi connectivity index (χ1) is 5.52. The Bertz CT molecular complexity index is 237. The number of hydrogen-bond acceptors (Lipinski definition) is 2. The Balaban J connectivity index is 0.000000261. The number of nitrogens with zero attached hydrogens (tertiary/aromatic N) is 1. The highest BCUT2D eigenvalue weighted by molar-refractivity contribution is 5.60. The molecule has 0 atom stereocenters. The molecular weight excluding hydrogens is 154 g/mol. The highest BCUT2D eigenvalue weighted by Gasteiger charge is 1.87. The second-order valence-corrected chi connectivity index (χ2v) is 2.54. The summed E-state index contributed by atoms with van der Waals surface area (Å²) < 4.78 is 2.04. The number of carbonyl (C=O) groups excluding carboxylic acids is 1. The number of carbonyl (C=O) groups is 1. The van der Waals surface area contributed by atoms with Gasteiger partial charge in [0.1, 0.15) is 7.05 Å². The SMILES string of the molecule is CC(=O)[O-].Cc1ccc[n+](C)c1. The summed E-state index contributed by atoms with van der Waals surface area (Å²) in [6.45, 7) is 3.06. The average molecular weight is 167 g/mol. The van der Waals surface area contributed by atoms with Crippen LogP contribution in [0.2, 0.25) is 0 Å². The van der Waals surface area contributed by atoms with Crippen LogP contribution in [0.15, 0.2) is 24.5 Å². The number of hydrogen-bond donors (Lipinski definition) is 0. The number of aliphatic carboxylic acids is 1. The van der Waals surface area contributed by atoms with Gasteiger partial charge in [-0.05, 0) is 19.9 Å². The summed E-state index contributed by atoms with van der Waals surface area (Å²) in [5.41, 5.74) is 1.30. The molecule has 0 radical (unpaired) electrons. The Morgan fingerprint density at radius 3 is 2.33 bits per heavy atom. The first-order valence-corrected chi connectivity index (χ1v) is 3.62. The van der Waals surface area contributed by atoms with E-state index in [1.807, 2.05) is 23.9 Å². The van der Waals surface area contributed by atoms with Crippen LogP contribution < -0.4 is 9.67 Å². The molecule has 1 heterocycles. The zero-order chi connectivity index (χ0) is 9.56. The molecule has 0 N–H and O–H groups in total. The minimum absolute atomic E-state index is 0.972. The van der Waals surface area contributed by atoms with Crippen molar-refractivity contribution in [3.63, 3.8) is 0 Å². The lowest BCUT2D eigenvalue weighted by Gasteiger charge is -1.85. The molecule has 0 fully saturated rings. The van der Waals surface area contributed by atoms with E-state index in [1.54, 1.807) is 0 Å². The summed E-state index contributed by atoms with van der Waals surface area (Å²) in [5.74, 6) is -1.08. The van der Waals surface area contributed by atoms with Crippen molar-refractivity contribution in [1.29, 1.82) is 0 Å². The third-order valence-electron chi connectivity index (χ3n) is 1.09. The highest BCUT2D eigenvalue weighted by atomic mass is 16.4. The monoisotopic (exact) mass is 167 g/mol. The fraction of sp³-hybridized carbons (Fsp3) is 0.333. The van der Waals surface area contributed by atoms with E-state index in [2.05, 4.69) is 19.2 Å². The number of carboxylic acid groups (broad SMARTS) is 1. The van der Waals surface area contributed by atoms with E-state index < -0.39 is 5.97 Å². The molecule has 3 heteroatoms. The van der Waals surface area contributed by atoms with Crippen LogP contribution in [-0.4, -0.2) is 5.97 Å². The van der Waals surface area contributed by atoms with Crippen LogP contribution in [-0.2, 0) is 11.8 Å². The van der Waals surface area contributed by atoms with Crippen LogP contribution in [0.1, 0.15) is 12.5 Å². The van der Waals surface area contributed by atoms with Crippen LogP contribution in [0, 0.1) is 6.92 Å². The average Bonchev–Trinajstić information content (AvgIpc) is 1.84. The van der Waals surface area contributed by atoms with Gasteiger partial charge in [-0.3, -0.25) is 0 Å². The molecule has 0 saturated carbocycles. The Kier molecular flexibility index (Phi) is 4.69. The van der Waals surface area contributed by atoms with E-state index >= 15 is 0 Å². The van der Waals surface area contributed by atoms with E-state index in [0.29, 0.717) is 0 Å². The quantitative estimate of drug-likeness (QED) is 0.492. The molecule has 66 valence electrons. The van der Waals surface area contributed by atoms with E-state index in [4.69, 9.17) is 9.90 Å². The molecule has 1 aromatic rings. The number of aryl methyl sites for hydroxylation is 2. The van der Waals surface area contributed by atoms with Crippen LogP contribution >= 0.6 is 0 Å². The van der Waals surface area contributed by atoms with Crippen molar-refractivity contribution in [1.82, 2.24) is 0 Å². The van der Waals surface area contributed by atoms with Gasteiger partial charge in [-0.25, -0.2) is 4.57 Å². The summed E-state index contributed by atoms with van der Waals surface area (Å²) in [6, 6.07) is 4.12. The molecule has 0 unspecified atom stereocenters. The molecule has 0 amide bonds. The van der Waals surface area contributed by atoms with E-state index in [0.717, 1.165) is 6.92 Å². The molecule has 0 saturated heterocycles. The molecular formula is C9H13NO2. The molecule has 1 rings (SSSR count). The summed E-state index contributed by atoms with van der Waals surface area (Å²) >= 11 is 0. The minimum Gasteiger partial charge on any atom is -0.550 e. The first kappa shape index (κ1) is 10.6. The fourth-order valence-electron chi connectivity index (χ4n) is 0.738. The highest BCUT2D eigenvalue weighted by Crippen LogP contribution is 1.86. The standard InChI is InChI=1S/C7H10N.C2H4O2/c1-7-4-3-5-8(2)6-7;1-2(3)4/h3-6H,1-2H3;1H3,(H,3,4)/q+1;/p-1.